The molecule has 2 heterocycles. The molecule has 5 heteroatoms. The van der Waals surface area contributed by atoms with E-state index in [0.29, 0.717) is 17.9 Å². The molecule has 0 unspecified atom stereocenters. The first-order valence-electron chi connectivity index (χ1n) is 7.96. The molecule has 1 aliphatic heterocycles. The minimum absolute atomic E-state index is 0.215. The van der Waals surface area contributed by atoms with Gasteiger partial charge in [0.25, 0.3) is 0 Å². The third-order valence-corrected chi connectivity index (χ3v) is 4.23. The van der Waals surface area contributed by atoms with Gasteiger partial charge in [-0.3, -0.25) is 0 Å². The summed E-state index contributed by atoms with van der Waals surface area (Å²) in [6.07, 6.45) is 2.55. The molecule has 0 bridgehead atoms. The number of benzene rings is 2. The van der Waals surface area contributed by atoms with Crippen molar-refractivity contribution in [2.45, 2.75) is 13.0 Å². The summed E-state index contributed by atoms with van der Waals surface area (Å²) in [4.78, 5) is 10.8. The summed E-state index contributed by atoms with van der Waals surface area (Å²) in [5, 5.41) is 3.17. The van der Waals surface area contributed by atoms with Gasteiger partial charge in [-0.25, -0.2) is 14.4 Å². The van der Waals surface area contributed by atoms with Crippen molar-refractivity contribution < 1.29 is 4.39 Å². The van der Waals surface area contributed by atoms with Crippen molar-refractivity contribution >= 4 is 17.3 Å². The molecule has 2 aromatic carbocycles. The molecule has 4 nitrogen and oxygen atoms in total. The molecule has 1 aromatic heterocycles. The Balaban J connectivity index is 1.54. The largest absolute Gasteiger partial charge is 0.366 e. The third-order valence-electron chi connectivity index (χ3n) is 4.23. The Morgan fingerprint density at radius 3 is 2.79 bits per heavy atom. The van der Waals surface area contributed by atoms with Crippen LogP contribution < -0.4 is 10.2 Å². The van der Waals surface area contributed by atoms with Crippen LogP contribution in [0.3, 0.4) is 0 Å². The number of fused-ring (bicyclic) bond motifs is 1. The molecule has 24 heavy (non-hydrogen) atoms. The molecule has 3 aromatic rings. The first-order chi connectivity index (χ1) is 11.8. The van der Waals surface area contributed by atoms with Gasteiger partial charge in [0.2, 0.25) is 0 Å². The van der Waals surface area contributed by atoms with Crippen molar-refractivity contribution in [3.05, 3.63) is 77.9 Å². The number of aromatic nitrogens is 2. The van der Waals surface area contributed by atoms with Crippen molar-refractivity contribution in [1.82, 2.24) is 9.97 Å². The molecular formula is C19H17FN4. The second-order valence-corrected chi connectivity index (χ2v) is 5.74. The lowest BCUT2D eigenvalue weighted by molar-refractivity contribution is 0.613. The molecule has 0 saturated carbocycles. The van der Waals surface area contributed by atoms with Gasteiger partial charge in [-0.05, 0) is 24.1 Å². The predicted octanol–water partition coefficient (Wildman–Crippen LogP) is 3.92. The normalized spacial score (nSPS) is 13.0. The molecule has 0 aliphatic carbocycles. The van der Waals surface area contributed by atoms with Gasteiger partial charge in [0.15, 0.2) is 0 Å². The number of anilines is 3. The van der Waals surface area contributed by atoms with Gasteiger partial charge >= 0.3 is 0 Å². The monoisotopic (exact) mass is 320 g/mol. The fraction of sp³-hybridized carbons (Fsp3) is 0.158. The van der Waals surface area contributed by atoms with E-state index in [-0.39, 0.29) is 5.82 Å². The zero-order chi connectivity index (χ0) is 16.4. The van der Waals surface area contributed by atoms with Crippen LogP contribution >= 0.6 is 0 Å². The maximum Gasteiger partial charge on any atom is 0.138 e. The fourth-order valence-electron chi connectivity index (χ4n) is 3.00. The van der Waals surface area contributed by atoms with Gasteiger partial charge in [-0.15, -0.1) is 0 Å². The highest BCUT2D eigenvalue weighted by atomic mass is 19.1. The third kappa shape index (κ3) is 2.80. The zero-order valence-electron chi connectivity index (χ0n) is 13.1. The molecule has 120 valence electrons. The molecule has 4 rings (SSSR count). The van der Waals surface area contributed by atoms with Crippen LogP contribution in [0.1, 0.15) is 11.1 Å². The van der Waals surface area contributed by atoms with Crippen LogP contribution in [0.4, 0.5) is 21.7 Å². The zero-order valence-corrected chi connectivity index (χ0v) is 13.1. The maximum atomic E-state index is 13.7. The quantitative estimate of drug-likeness (QED) is 0.791. The summed E-state index contributed by atoms with van der Waals surface area (Å²) in [5.74, 6) is 1.33. The second kappa shape index (κ2) is 6.28. The minimum atomic E-state index is -0.215. The number of halogens is 1. The van der Waals surface area contributed by atoms with E-state index in [0.717, 1.165) is 18.8 Å². The molecule has 1 aliphatic rings. The van der Waals surface area contributed by atoms with Crippen LogP contribution in [0.15, 0.2) is 60.9 Å². The van der Waals surface area contributed by atoms with E-state index in [9.17, 15) is 4.39 Å². The number of nitrogens with one attached hydrogen (secondary N) is 1. The van der Waals surface area contributed by atoms with Crippen molar-refractivity contribution in [3.8, 4) is 0 Å². The van der Waals surface area contributed by atoms with Gasteiger partial charge in [-0.1, -0.05) is 36.4 Å². The summed E-state index contributed by atoms with van der Waals surface area (Å²) >= 11 is 0. The average molecular weight is 320 g/mol. The summed E-state index contributed by atoms with van der Waals surface area (Å²) in [7, 11) is 0. The van der Waals surface area contributed by atoms with Crippen LogP contribution in [0, 0.1) is 5.82 Å². The Kier molecular flexibility index (Phi) is 3.83. The lowest BCUT2D eigenvalue weighted by Gasteiger charge is -2.18. The highest BCUT2D eigenvalue weighted by molar-refractivity contribution is 5.68. The van der Waals surface area contributed by atoms with Crippen molar-refractivity contribution in [1.29, 1.82) is 0 Å². The Labute approximate surface area is 140 Å². The molecule has 0 fully saturated rings. The molecular weight excluding hydrogens is 303 g/mol. The van der Waals surface area contributed by atoms with Gasteiger partial charge in [0.1, 0.15) is 23.8 Å². The number of nitrogens with zero attached hydrogens (tertiary/aromatic N) is 3. The van der Waals surface area contributed by atoms with Gasteiger partial charge < -0.3 is 10.2 Å². The fourth-order valence-corrected chi connectivity index (χ4v) is 3.00. The SMILES string of the molecule is Fc1ccccc1CNc1cc(N2CCc3ccccc32)ncn1. The number of para-hydroxylation sites is 1. The van der Waals surface area contributed by atoms with Gasteiger partial charge in [0, 0.05) is 30.4 Å². The first kappa shape index (κ1) is 14.6. The Hall–Kier alpha value is -2.95. The highest BCUT2D eigenvalue weighted by Gasteiger charge is 2.20. The molecule has 1 N–H and O–H groups in total. The smallest absolute Gasteiger partial charge is 0.138 e. The van der Waals surface area contributed by atoms with E-state index in [2.05, 4.69) is 38.4 Å². The van der Waals surface area contributed by atoms with Crippen LogP contribution in [-0.2, 0) is 13.0 Å². The lowest BCUT2D eigenvalue weighted by atomic mass is 10.2. The van der Waals surface area contributed by atoms with Gasteiger partial charge in [-0.2, -0.15) is 0 Å². The summed E-state index contributed by atoms with van der Waals surface area (Å²) in [5.41, 5.74) is 3.14. The van der Waals surface area contributed by atoms with E-state index < -0.39 is 0 Å². The number of rotatable bonds is 4. The van der Waals surface area contributed by atoms with Crippen molar-refractivity contribution in [2.75, 3.05) is 16.8 Å². The van der Waals surface area contributed by atoms with Crippen LogP contribution in [-0.4, -0.2) is 16.5 Å². The standard InChI is InChI=1S/C19H17FN4/c20-16-7-3-1-6-15(16)12-21-18-11-19(23-13-22-18)24-10-9-14-5-2-4-8-17(14)24/h1-8,11,13H,9-10,12H2,(H,21,22,23). The van der Waals surface area contributed by atoms with Crippen molar-refractivity contribution in [2.24, 2.45) is 0 Å². The Morgan fingerprint density at radius 1 is 1.04 bits per heavy atom. The van der Waals surface area contributed by atoms with Crippen LogP contribution in [0.5, 0.6) is 0 Å². The lowest BCUT2D eigenvalue weighted by Crippen LogP contribution is -2.15. The second-order valence-electron chi connectivity index (χ2n) is 5.74. The van der Waals surface area contributed by atoms with E-state index in [1.807, 2.05) is 18.2 Å². The van der Waals surface area contributed by atoms with E-state index >= 15 is 0 Å². The van der Waals surface area contributed by atoms with E-state index in [1.54, 1.807) is 18.5 Å². The van der Waals surface area contributed by atoms with Crippen LogP contribution in [0.25, 0.3) is 0 Å². The molecule has 0 atom stereocenters. The maximum absolute atomic E-state index is 13.7. The summed E-state index contributed by atoms with van der Waals surface area (Å²) < 4.78 is 13.7. The Bertz CT molecular complexity index is 865. The molecule has 0 amide bonds. The van der Waals surface area contributed by atoms with E-state index in [1.165, 1.54) is 17.3 Å². The first-order valence-corrected chi connectivity index (χ1v) is 7.96. The van der Waals surface area contributed by atoms with Crippen molar-refractivity contribution in [3.63, 3.8) is 0 Å². The van der Waals surface area contributed by atoms with Crippen LogP contribution in [0.2, 0.25) is 0 Å². The average Bonchev–Trinajstić information content (AvgIpc) is 3.05. The van der Waals surface area contributed by atoms with Gasteiger partial charge in [0.05, 0.1) is 0 Å². The number of hydrogen-bond acceptors (Lipinski definition) is 4. The molecule has 0 saturated heterocycles. The highest BCUT2D eigenvalue weighted by Crippen LogP contribution is 2.33. The molecule has 0 spiro atoms. The summed E-state index contributed by atoms with van der Waals surface area (Å²) in [6, 6.07) is 17.0. The Morgan fingerprint density at radius 2 is 1.88 bits per heavy atom. The number of hydrogen-bond donors (Lipinski definition) is 1. The van der Waals surface area contributed by atoms with E-state index in [4.69, 9.17) is 0 Å². The topological polar surface area (TPSA) is 41.0 Å². The minimum Gasteiger partial charge on any atom is -0.366 e. The summed E-state index contributed by atoms with van der Waals surface area (Å²) in [6.45, 7) is 1.29. The molecule has 0 radical (unpaired) electrons. The predicted molar refractivity (Wildman–Crippen MR) is 92.9 cm³/mol.